The maximum Gasteiger partial charge on any atom is 0.471 e. The van der Waals surface area contributed by atoms with Gasteiger partial charge in [0.25, 0.3) is 5.91 Å². The summed E-state index contributed by atoms with van der Waals surface area (Å²) in [5.74, 6) is -2.27. The van der Waals surface area contributed by atoms with Gasteiger partial charge >= 0.3 is 12.1 Å². The Bertz CT molecular complexity index is 1070. The van der Waals surface area contributed by atoms with Crippen molar-refractivity contribution in [3.05, 3.63) is 50.7 Å². The number of nitrogens with zero attached hydrogens (tertiary/aromatic N) is 2. The van der Waals surface area contributed by atoms with E-state index in [2.05, 4.69) is 5.32 Å². The number of benzene rings is 1. The molecule has 3 heterocycles. The van der Waals surface area contributed by atoms with Gasteiger partial charge in [0.15, 0.2) is 0 Å². The van der Waals surface area contributed by atoms with Crippen LogP contribution in [0.25, 0.3) is 0 Å². The number of halogens is 4. The van der Waals surface area contributed by atoms with Crippen molar-refractivity contribution >= 4 is 46.3 Å². The highest BCUT2D eigenvalue weighted by atomic mass is 35.5. The number of carbonyl (C=O) groups is 3. The second-order valence-corrected chi connectivity index (χ2v) is 9.44. The highest BCUT2D eigenvalue weighted by Gasteiger charge is 2.42. The zero-order chi connectivity index (χ0) is 23.0. The molecule has 0 radical (unpaired) electrons. The van der Waals surface area contributed by atoms with Gasteiger partial charge in [0.05, 0.1) is 15.3 Å². The molecule has 4 rings (SSSR count). The predicted octanol–water partition coefficient (Wildman–Crippen LogP) is 3.43. The molecule has 1 aromatic heterocycles. The zero-order valence-corrected chi connectivity index (χ0v) is 18.3. The van der Waals surface area contributed by atoms with Crippen LogP contribution in [0.4, 0.5) is 18.9 Å². The summed E-state index contributed by atoms with van der Waals surface area (Å²) in [6, 6.07) is 8.22. The lowest BCUT2D eigenvalue weighted by Crippen LogP contribution is -2.42. The number of anilines is 1. The van der Waals surface area contributed by atoms with Gasteiger partial charge in [-0.2, -0.15) is 13.2 Å². The van der Waals surface area contributed by atoms with Gasteiger partial charge in [-0.1, -0.05) is 17.7 Å². The fourth-order valence-electron chi connectivity index (χ4n) is 4.01. The van der Waals surface area contributed by atoms with Gasteiger partial charge in [-0.05, 0) is 48.2 Å². The summed E-state index contributed by atoms with van der Waals surface area (Å²) in [7, 11) is 0. The van der Waals surface area contributed by atoms with E-state index in [0.717, 1.165) is 27.4 Å². The quantitative estimate of drug-likeness (QED) is 0.724. The number of alkyl halides is 3. The third-order valence-electron chi connectivity index (χ3n) is 5.59. The number of thiophene rings is 1. The Kier molecular flexibility index (Phi) is 6.17. The van der Waals surface area contributed by atoms with Crippen molar-refractivity contribution in [1.82, 2.24) is 10.2 Å². The Morgan fingerprint density at radius 2 is 1.81 bits per heavy atom. The lowest BCUT2D eigenvalue weighted by molar-refractivity contribution is -0.185. The summed E-state index contributed by atoms with van der Waals surface area (Å²) in [5.41, 5.74) is 2.30. The van der Waals surface area contributed by atoms with Crippen LogP contribution in [-0.2, 0) is 22.4 Å². The van der Waals surface area contributed by atoms with E-state index in [1.54, 1.807) is 35.2 Å². The van der Waals surface area contributed by atoms with Crippen LogP contribution >= 0.6 is 22.9 Å². The Morgan fingerprint density at radius 1 is 1.09 bits per heavy atom. The molecule has 2 aliphatic heterocycles. The molecule has 0 unspecified atom stereocenters. The van der Waals surface area contributed by atoms with E-state index in [0.29, 0.717) is 27.9 Å². The summed E-state index contributed by atoms with van der Waals surface area (Å²) in [5, 5.41) is 2.84. The molecular formula is C21H19ClF3N3O3S. The van der Waals surface area contributed by atoms with Crippen LogP contribution in [-0.4, -0.2) is 54.5 Å². The van der Waals surface area contributed by atoms with Crippen LogP contribution in [0.3, 0.4) is 0 Å². The fraction of sp³-hybridized carbons (Fsp3) is 0.381. The van der Waals surface area contributed by atoms with Crippen LogP contribution in [0.1, 0.15) is 27.2 Å². The van der Waals surface area contributed by atoms with E-state index >= 15 is 0 Å². The van der Waals surface area contributed by atoms with E-state index in [1.807, 2.05) is 0 Å². The van der Waals surface area contributed by atoms with Crippen molar-refractivity contribution in [3.63, 3.8) is 0 Å². The van der Waals surface area contributed by atoms with E-state index in [1.165, 1.54) is 0 Å². The Hall–Kier alpha value is -2.59. The number of rotatable bonds is 3. The molecule has 0 bridgehead atoms. The highest BCUT2D eigenvalue weighted by Crippen LogP contribution is 2.28. The first-order valence-electron chi connectivity index (χ1n) is 9.96. The average Bonchev–Trinajstić information content (AvgIpc) is 3.25. The minimum Gasteiger partial charge on any atom is -0.346 e. The zero-order valence-electron chi connectivity index (χ0n) is 16.7. The van der Waals surface area contributed by atoms with Crippen molar-refractivity contribution in [2.24, 2.45) is 0 Å². The number of amides is 3. The maximum absolute atomic E-state index is 12.8. The van der Waals surface area contributed by atoms with Crippen molar-refractivity contribution in [2.75, 3.05) is 24.5 Å². The van der Waals surface area contributed by atoms with Gasteiger partial charge in [0.1, 0.15) is 0 Å². The Labute approximate surface area is 190 Å². The molecule has 1 aromatic carbocycles. The molecule has 1 N–H and O–H groups in total. The first-order valence-corrected chi connectivity index (χ1v) is 11.2. The Morgan fingerprint density at radius 3 is 2.47 bits per heavy atom. The molecule has 2 aromatic rings. The molecule has 32 heavy (non-hydrogen) atoms. The number of nitrogens with one attached hydrogen (secondary N) is 1. The fourth-order valence-corrected chi connectivity index (χ4v) is 4.95. The number of hydrogen-bond acceptors (Lipinski definition) is 4. The predicted molar refractivity (Wildman–Crippen MR) is 114 cm³/mol. The average molecular weight is 486 g/mol. The van der Waals surface area contributed by atoms with E-state index in [9.17, 15) is 27.6 Å². The molecule has 0 spiro atoms. The van der Waals surface area contributed by atoms with Crippen molar-refractivity contribution in [2.45, 2.75) is 31.5 Å². The van der Waals surface area contributed by atoms with Crippen molar-refractivity contribution < 1.29 is 27.6 Å². The van der Waals surface area contributed by atoms with Crippen molar-refractivity contribution in [3.8, 4) is 0 Å². The molecule has 11 heteroatoms. The van der Waals surface area contributed by atoms with Crippen molar-refractivity contribution in [1.29, 1.82) is 0 Å². The monoisotopic (exact) mass is 485 g/mol. The van der Waals surface area contributed by atoms with Crippen LogP contribution in [0, 0.1) is 0 Å². The topological polar surface area (TPSA) is 69.7 Å². The molecule has 1 fully saturated rings. The molecular weight excluding hydrogens is 467 g/mol. The van der Waals surface area contributed by atoms with Gasteiger partial charge in [0, 0.05) is 31.7 Å². The normalized spacial score (nSPS) is 19.0. The highest BCUT2D eigenvalue weighted by molar-refractivity contribution is 7.18. The minimum absolute atomic E-state index is 0.00578. The lowest BCUT2D eigenvalue weighted by Gasteiger charge is -2.21. The van der Waals surface area contributed by atoms with Gasteiger partial charge in [-0.15, -0.1) is 11.3 Å². The second-order valence-electron chi connectivity index (χ2n) is 7.73. The maximum atomic E-state index is 12.8. The van der Waals surface area contributed by atoms with Gasteiger partial charge < -0.3 is 15.1 Å². The van der Waals surface area contributed by atoms with Gasteiger partial charge in [0.2, 0.25) is 5.91 Å². The number of carbonyl (C=O) groups excluding carboxylic acids is 3. The smallest absolute Gasteiger partial charge is 0.346 e. The number of hydrogen-bond donors (Lipinski definition) is 1. The molecule has 3 amide bonds. The van der Waals surface area contributed by atoms with E-state index in [-0.39, 0.29) is 43.8 Å². The molecule has 6 nitrogen and oxygen atoms in total. The summed E-state index contributed by atoms with van der Waals surface area (Å²) in [4.78, 5) is 39.3. The van der Waals surface area contributed by atoms with E-state index in [4.69, 9.17) is 11.6 Å². The molecule has 170 valence electrons. The SMILES string of the molecule is O=C(N[C@@H]1CC(=O)N(c2ccc3c(c2)CCN(C(=O)C(F)(F)F)CC3)C1)c1ccc(Cl)s1. The largest absolute Gasteiger partial charge is 0.471 e. The molecule has 0 aliphatic carbocycles. The first-order chi connectivity index (χ1) is 15.1. The second kappa shape index (κ2) is 8.74. The summed E-state index contributed by atoms with van der Waals surface area (Å²) in [6.07, 6.45) is -4.16. The van der Waals surface area contributed by atoms with E-state index < -0.39 is 12.1 Å². The standard InChI is InChI=1S/C21H19ClF3N3O3S/c22-17-4-3-16(32-17)19(30)26-14-10-18(29)28(11-14)15-2-1-12-5-7-27(8-6-13(12)9-15)20(31)21(23,24)25/h1-4,9,14H,5-8,10-11H2,(H,26,30)/t14-/m1/s1. The third kappa shape index (κ3) is 4.75. The van der Waals surface area contributed by atoms with Gasteiger partial charge in [-0.3, -0.25) is 14.4 Å². The summed E-state index contributed by atoms with van der Waals surface area (Å²) in [6.45, 7) is 0.250. The molecule has 0 saturated carbocycles. The molecule has 2 aliphatic rings. The lowest BCUT2D eigenvalue weighted by atomic mass is 10.0. The first kappa shape index (κ1) is 22.6. The summed E-state index contributed by atoms with van der Waals surface area (Å²) >= 11 is 7.02. The number of fused-ring (bicyclic) bond motifs is 1. The Balaban J connectivity index is 1.43. The molecule has 1 saturated heterocycles. The van der Waals surface area contributed by atoms with Crippen LogP contribution in [0.5, 0.6) is 0 Å². The molecule has 1 atom stereocenters. The minimum atomic E-state index is -4.89. The van der Waals surface area contributed by atoms with Crippen LogP contribution in [0.2, 0.25) is 4.34 Å². The third-order valence-corrected chi connectivity index (χ3v) is 6.82. The van der Waals surface area contributed by atoms with Crippen LogP contribution < -0.4 is 10.2 Å². The summed E-state index contributed by atoms with van der Waals surface area (Å²) < 4.78 is 38.8. The van der Waals surface area contributed by atoms with Crippen LogP contribution in [0.15, 0.2) is 30.3 Å². The van der Waals surface area contributed by atoms with Gasteiger partial charge in [-0.25, -0.2) is 0 Å².